The molecular weight excluding hydrogens is 300 g/mol. The van der Waals surface area contributed by atoms with Crippen molar-refractivity contribution < 1.29 is 9.90 Å². The maximum atomic E-state index is 12.2. The number of hydrogen-bond acceptors (Lipinski definition) is 3. The van der Waals surface area contributed by atoms with E-state index in [1.54, 1.807) is 0 Å². The highest BCUT2D eigenvalue weighted by Gasteiger charge is 2.27. The Morgan fingerprint density at radius 2 is 1.92 bits per heavy atom. The second kappa shape index (κ2) is 9.80. The fraction of sp³-hybridized carbons (Fsp3) is 0.650. The first-order valence-electron chi connectivity index (χ1n) is 9.34. The molecule has 2 rings (SSSR count). The second-order valence-corrected chi connectivity index (χ2v) is 7.28. The van der Waals surface area contributed by atoms with E-state index < -0.39 is 12.1 Å². The van der Waals surface area contributed by atoms with E-state index in [-0.39, 0.29) is 11.9 Å². The highest BCUT2D eigenvalue weighted by atomic mass is 16.3. The molecule has 0 spiro atoms. The largest absolute Gasteiger partial charge is 0.382 e. The van der Waals surface area contributed by atoms with Gasteiger partial charge in [-0.15, -0.1) is 0 Å². The van der Waals surface area contributed by atoms with Gasteiger partial charge >= 0.3 is 0 Å². The van der Waals surface area contributed by atoms with Crippen molar-refractivity contribution in [2.24, 2.45) is 11.7 Å². The van der Waals surface area contributed by atoms with Crippen LogP contribution in [0.1, 0.15) is 57.4 Å². The summed E-state index contributed by atoms with van der Waals surface area (Å²) in [6.07, 6.45) is 7.54. The van der Waals surface area contributed by atoms with Crippen molar-refractivity contribution in [1.82, 2.24) is 5.32 Å². The number of aliphatic hydroxyl groups is 1. The first-order valence-corrected chi connectivity index (χ1v) is 9.34. The minimum absolute atomic E-state index is 0.0224. The molecule has 1 fully saturated rings. The Bertz CT molecular complexity index is 486. The number of nitrogens with one attached hydrogen (secondary N) is 1. The zero-order valence-corrected chi connectivity index (χ0v) is 14.8. The minimum atomic E-state index is -1.11. The molecule has 3 atom stereocenters. The third kappa shape index (κ3) is 6.25. The summed E-state index contributed by atoms with van der Waals surface area (Å²) in [5.74, 6) is 0.227. The van der Waals surface area contributed by atoms with E-state index >= 15 is 0 Å². The number of rotatable bonds is 8. The first-order chi connectivity index (χ1) is 11.6. The Morgan fingerprint density at radius 1 is 1.25 bits per heavy atom. The van der Waals surface area contributed by atoms with Gasteiger partial charge < -0.3 is 16.2 Å². The lowest BCUT2D eigenvalue weighted by Crippen LogP contribution is -2.49. The molecule has 0 aliphatic heterocycles. The molecule has 0 bridgehead atoms. The van der Waals surface area contributed by atoms with Gasteiger partial charge in [-0.25, -0.2) is 0 Å². The third-order valence-electron chi connectivity index (χ3n) is 5.10. The molecule has 4 nitrogen and oxygen atoms in total. The van der Waals surface area contributed by atoms with Gasteiger partial charge in [-0.1, -0.05) is 62.4 Å². The molecule has 3 unspecified atom stereocenters. The molecule has 1 aromatic carbocycles. The van der Waals surface area contributed by atoms with E-state index in [2.05, 4.69) is 17.4 Å². The maximum absolute atomic E-state index is 12.2. The van der Waals surface area contributed by atoms with Gasteiger partial charge in [0.1, 0.15) is 6.10 Å². The fourth-order valence-corrected chi connectivity index (χ4v) is 3.56. The fourth-order valence-electron chi connectivity index (χ4n) is 3.56. The SMILES string of the molecule is CC(CCc1ccccc1)NC(=O)C(O)C(N)CC1CCCCC1. The quantitative estimate of drug-likeness (QED) is 0.685. The van der Waals surface area contributed by atoms with Crippen LogP contribution in [0.25, 0.3) is 0 Å². The molecule has 0 aromatic heterocycles. The molecule has 1 aromatic rings. The van der Waals surface area contributed by atoms with Gasteiger partial charge in [0.15, 0.2) is 0 Å². The summed E-state index contributed by atoms with van der Waals surface area (Å²) in [4.78, 5) is 12.2. The topological polar surface area (TPSA) is 75.3 Å². The van der Waals surface area contributed by atoms with Gasteiger partial charge in [-0.2, -0.15) is 0 Å². The highest BCUT2D eigenvalue weighted by Crippen LogP contribution is 2.27. The molecule has 0 heterocycles. The molecular formula is C20H32N2O2. The van der Waals surface area contributed by atoms with Crippen LogP contribution < -0.4 is 11.1 Å². The number of aliphatic hydroxyl groups excluding tert-OH is 1. The molecule has 4 heteroatoms. The van der Waals surface area contributed by atoms with Gasteiger partial charge in [0.05, 0.1) is 0 Å². The van der Waals surface area contributed by atoms with Crippen LogP contribution in [0.4, 0.5) is 0 Å². The van der Waals surface area contributed by atoms with E-state index in [0.717, 1.165) is 19.3 Å². The van der Waals surface area contributed by atoms with Crippen LogP contribution in [-0.4, -0.2) is 29.2 Å². The summed E-state index contributed by atoms with van der Waals surface area (Å²) in [6, 6.07) is 9.77. The van der Waals surface area contributed by atoms with Gasteiger partial charge in [0, 0.05) is 12.1 Å². The average molecular weight is 332 g/mol. The second-order valence-electron chi connectivity index (χ2n) is 7.28. The van der Waals surface area contributed by atoms with Crippen LogP contribution >= 0.6 is 0 Å². The molecule has 0 radical (unpaired) electrons. The zero-order chi connectivity index (χ0) is 17.4. The smallest absolute Gasteiger partial charge is 0.250 e. The molecule has 4 N–H and O–H groups in total. The van der Waals surface area contributed by atoms with E-state index in [1.165, 1.54) is 37.7 Å². The van der Waals surface area contributed by atoms with Gasteiger partial charge in [-0.05, 0) is 37.7 Å². The third-order valence-corrected chi connectivity index (χ3v) is 5.10. The summed E-state index contributed by atoms with van der Waals surface area (Å²) < 4.78 is 0. The Balaban J connectivity index is 1.71. The first kappa shape index (κ1) is 18.9. The molecule has 1 aliphatic carbocycles. The Kier molecular flexibility index (Phi) is 7.73. The van der Waals surface area contributed by atoms with E-state index in [9.17, 15) is 9.90 Å². The van der Waals surface area contributed by atoms with Crippen molar-refractivity contribution in [2.45, 2.75) is 76.5 Å². The van der Waals surface area contributed by atoms with Crippen LogP contribution in [-0.2, 0) is 11.2 Å². The zero-order valence-electron chi connectivity index (χ0n) is 14.8. The van der Waals surface area contributed by atoms with Gasteiger partial charge in [0.2, 0.25) is 0 Å². The number of benzene rings is 1. The van der Waals surface area contributed by atoms with Crippen LogP contribution in [0.15, 0.2) is 30.3 Å². The molecule has 24 heavy (non-hydrogen) atoms. The molecule has 0 saturated heterocycles. The predicted molar refractivity (Wildman–Crippen MR) is 97.5 cm³/mol. The van der Waals surface area contributed by atoms with Crippen LogP contribution in [0, 0.1) is 5.92 Å². The summed E-state index contributed by atoms with van der Waals surface area (Å²) in [6.45, 7) is 1.97. The predicted octanol–water partition coefficient (Wildman–Crippen LogP) is 2.78. The van der Waals surface area contributed by atoms with E-state index in [1.807, 2.05) is 25.1 Å². The molecule has 1 amide bonds. The molecule has 134 valence electrons. The van der Waals surface area contributed by atoms with Crippen LogP contribution in [0.3, 0.4) is 0 Å². The average Bonchev–Trinajstić information content (AvgIpc) is 2.61. The number of aryl methyl sites for hydroxylation is 1. The number of nitrogens with two attached hydrogens (primary N) is 1. The number of hydrogen-bond donors (Lipinski definition) is 3. The summed E-state index contributed by atoms with van der Waals surface area (Å²) in [5.41, 5.74) is 7.34. The monoisotopic (exact) mass is 332 g/mol. The number of carbonyl (C=O) groups excluding carboxylic acids is 1. The number of amides is 1. The minimum Gasteiger partial charge on any atom is -0.382 e. The van der Waals surface area contributed by atoms with Gasteiger partial charge in [-0.3, -0.25) is 4.79 Å². The Morgan fingerprint density at radius 3 is 2.58 bits per heavy atom. The standard InChI is InChI=1S/C20H32N2O2/c1-15(12-13-16-8-4-2-5-9-16)22-20(24)19(23)18(21)14-17-10-6-3-7-11-17/h2,4-5,8-9,15,17-19,23H,3,6-7,10-14,21H2,1H3,(H,22,24). The van der Waals surface area contributed by atoms with Crippen molar-refractivity contribution in [1.29, 1.82) is 0 Å². The highest BCUT2D eigenvalue weighted by molar-refractivity contribution is 5.81. The van der Waals surface area contributed by atoms with Crippen LogP contribution in [0.5, 0.6) is 0 Å². The van der Waals surface area contributed by atoms with Gasteiger partial charge in [0.25, 0.3) is 5.91 Å². The lowest BCUT2D eigenvalue weighted by Gasteiger charge is -2.27. The summed E-state index contributed by atoms with van der Waals surface area (Å²) in [7, 11) is 0. The lowest BCUT2D eigenvalue weighted by molar-refractivity contribution is -0.131. The Hall–Kier alpha value is -1.39. The van der Waals surface area contributed by atoms with Crippen molar-refractivity contribution in [3.8, 4) is 0 Å². The molecule has 1 aliphatic rings. The Labute approximate surface area is 145 Å². The van der Waals surface area contributed by atoms with Crippen molar-refractivity contribution in [3.63, 3.8) is 0 Å². The summed E-state index contributed by atoms with van der Waals surface area (Å²) >= 11 is 0. The normalized spacial score (nSPS) is 19.5. The number of carbonyl (C=O) groups is 1. The van der Waals surface area contributed by atoms with E-state index in [0.29, 0.717) is 5.92 Å². The molecule has 1 saturated carbocycles. The van der Waals surface area contributed by atoms with E-state index in [4.69, 9.17) is 5.73 Å². The van der Waals surface area contributed by atoms with Crippen molar-refractivity contribution in [2.75, 3.05) is 0 Å². The van der Waals surface area contributed by atoms with Crippen LogP contribution in [0.2, 0.25) is 0 Å². The lowest BCUT2D eigenvalue weighted by atomic mass is 9.84. The summed E-state index contributed by atoms with van der Waals surface area (Å²) in [5, 5.41) is 13.1. The van der Waals surface area contributed by atoms with Crippen molar-refractivity contribution >= 4 is 5.91 Å². The van der Waals surface area contributed by atoms with Crippen molar-refractivity contribution in [3.05, 3.63) is 35.9 Å². The maximum Gasteiger partial charge on any atom is 0.250 e.